The summed E-state index contributed by atoms with van der Waals surface area (Å²) in [6, 6.07) is 1.52. The van der Waals surface area contributed by atoms with Gasteiger partial charge in [0.25, 0.3) is 0 Å². The second-order valence-corrected chi connectivity index (χ2v) is 7.65. The van der Waals surface area contributed by atoms with Crippen molar-refractivity contribution in [2.45, 2.75) is 88.3 Å². The van der Waals surface area contributed by atoms with Gasteiger partial charge in [-0.25, -0.2) is 0 Å². The lowest BCUT2D eigenvalue weighted by atomic mass is 9.78. The molecule has 0 aromatic heterocycles. The molecule has 1 N–H and O–H groups in total. The fourth-order valence-electron chi connectivity index (χ4n) is 4.64. The number of hydrogen-bond donors (Lipinski definition) is 1. The molecule has 3 heteroatoms. The van der Waals surface area contributed by atoms with Crippen molar-refractivity contribution in [1.82, 2.24) is 10.2 Å². The van der Waals surface area contributed by atoms with Gasteiger partial charge < -0.3 is 15.0 Å². The molecule has 2 unspecified atom stereocenters. The van der Waals surface area contributed by atoms with E-state index in [1.54, 1.807) is 0 Å². The van der Waals surface area contributed by atoms with Crippen LogP contribution in [0.25, 0.3) is 0 Å². The fourth-order valence-corrected chi connectivity index (χ4v) is 4.64. The van der Waals surface area contributed by atoms with E-state index in [9.17, 15) is 0 Å². The Labute approximate surface area is 130 Å². The Balaban J connectivity index is 1.46. The summed E-state index contributed by atoms with van der Waals surface area (Å²) in [4.78, 5) is 2.63. The fraction of sp³-hybridized carbons (Fsp3) is 1.00. The highest BCUT2D eigenvalue weighted by atomic mass is 16.5. The summed E-state index contributed by atoms with van der Waals surface area (Å²) in [7, 11) is 2.34. The lowest BCUT2D eigenvalue weighted by molar-refractivity contribution is -0.122. The average molecular weight is 294 g/mol. The monoisotopic (exact) mass is 294 g/mol. The third-order valence-corrected chi connectivity index (χ3v) is 6.10. The number of rotatable bonds is 4. The Kier molecular flexibility index (Phi) is 5.58. The molecule has 0 amide bonds. The van der Waals surface area contributed by atoms with Gasteiger partial charge in [-0.05, 0) is 65.1 Å². The van der Waals surface area contributed by atoms with Crippen molar-refractivity contribution in [2.75, 3.05) is 26.7 Å². The van der Waals surface area contributed by atoms with Gasteiger partial charge in [-0.2, -0.15) is 0 Å². The van der Waals surface area contributed by atoms with Gasteiger partial charge in [0.05, 0.1) is 5.60 Å². The van der Waals surface area contributed by atoms with Gasteiger partial charge in [0, 0.05) is 18.7 Å². The Morgan fingerprint density at radius 3 is 2.71 bits per heavy atom. The van der Waals surface area contributed by atoms with Crippen LogP contribution in [0.15, 0.2) is 0 Å². The summed E-state index contributed by atoms with van der Waals surface area (Å²) in [5.41, 5.74) is 0.249. The van der Waals surface area contributed by atoms with Crippen LogP contribution in [0.2, 0.25) is 0 Å². The standard InChI is InChI=1S/C18H34N2O/c1-20(13-8-16-7-3-6-12-19-16)17-9-14-21-18(15-17)10-4-2-5-11-18/h16-17,19H,2-15H2,1H3. The van der Waals surface area contributed by atoms with Crippen molar-refractivity contribution in [3.05, 3.63) is 0 Å². The van der Waals surface area contributed by atoms with Gasteiger partial charge in [-0.3, -0.25) is 0 Å². The maximum Gasteiger partial charge on any atom is 0.0697 e. The first-order valence-electron chi connectivity index (χ1n) is 9.35. The molecule has 2 atom stereocenters. The summed E-state index contributed by atoms with van der Waals surface area (Å²) in [5.74, 6) is 0. The number of nitrogens with one attached hydrogen (secondary N) is 1. The first kappa shape index (κ1) is 15.8. The van der Waals surface area contributed by atoms with Crippen LogP contribution in [0.1, 0.15) is 70.6 Å². The molecule has 2 saturated heterocycles. The molecule has 0 bridgehead atoms. The zero-order chi connectivity index (χ0) is 14.5. The van der Waals surface area contributed by atoms with E-state index in [-0.39, 0.29) is 5.60 Å². The van der Waals surface area contributed by atoms with Gasteiger partial charge in [0.2, 0.25) is 0 Å². The van der Waals surface area contributed by atoms with Crippen molar-refractivity contribution < 1.29 is 4.74 Å². The highest BCUT2D eigenvalue weighted by Crippen LogP contribution is 2.39. The lowest BCUT2D eigenvalue weighted by Gasteiger charge is -2.46. The smallest absolute Gasteiger partial charge is 0.0697 e. The summed E-state index contributed by atoms with van der Waals surface area (Å²) in [5, 5.41) is 3.68. The van der Waals surface area contributed by atoms with Gasteiger partial charge in [0.15, 0.2) is 0 Å². The molecular weight excluding hydrogens is 260 g/mol. The van der Waals surface area contributed by atoms with Crippen molar-refractivity contribution in [3.63, 3.8) is 0 Å². The van der Waals surface area contributed by atoms with E-state index in [2.05, 4.69) is 17.3 Å². The zero-order valence-electron chi connectivity index (χ0n) is 13.9. The highest BCUT2D eigenvalue weighted by Gasteiger charge is 2.39. The Morgan fingerprint density at radius 1 is 1.10 bits per heavy atom. The first-order chi connectivity index (χ1) is 10.3. The molecule has 1 spiro atoms. The maximum atomic E-state index is 6.24. The summed E-state index contributed by atoms with van der Waals surface area (Å²) in [6.45, 7) is 3.46. The molecule has 3 nitrogen and oxygen atoms in total. The molecule has 0 aromatic carbocycles. The zero-order valence-corrected chi connectivity index (χ0v) is 13.9. The average Bonchev–Trinajstić information content (AvgIpc) is 2.54. The third kappa shape index (κ3) is 4.20. The first-order valence-corrected chi connectivity index (χ1v) is 9.35. The van der Waals surface area contributed by atoms with E-state index in [0.717, 1.165) is 18.7 Å². The summed E-state index contributed by atoms with van der Waals surface area (Å²) in [6.07, 6.45) is 14.8. The topological polar surface area (TPSA) is 24.5 Å². The summed E-state index contributed by atoms with van der Waals surface area (Å²) < 4.78 is 6.24. The van der Waals surface area contributed by atoms with Crippen LogP contribution >= 0.6 is 0 Å². The minimum atomic E-state index is 0.249. The number of piperidine rings is 1. The van der Waals surface area contributed by atoms with E-state index < -0.39 is 0 Å². The van der Waals surface area contributed by atoms with Crippen LogP contribution in [-0.2, 0) is 4.74 Å². The van der Waals surface area contributed by atoms with Crippen LogP contribution in [0.3, 0.4) is 0 Å². The molecule has 21 heavy (non-hydrogen) atoms. The van der Waals surface area contributed by atoms with Crippen LogP contribution in [0, 0.1) is 0 Å². The van der Waals surface area contributed by atoms with E-state index in [1.165, 1.54) is 83.7 Å². The quantitative estimate of drug-likeness (QED) is 0.861. The van der Waals surface area contributed by atoms with Crippen molar-refractivity contribution in [2.24, 2.45) is 0 Å². The normalized spacial score (nSPS) is 33.4. The minimum Gasteiger partial charge on any atom is -0.375 e. The van der Waals surface area contributed by atoms with Gasteiger partial charge in [0.1, 0.15) is 0 Å². The molecular formula is C18H34N2O. The van der Waals surface area contributed by atoms with Crippen molar-refractivity contribution in [1.29, 1.82) is 0 Å². The van der Waals surface area contributed by atoms with Crippen molar-refractivity contribution in [3.8, 4) is 0 Å². The van der Waals surface area contributed by atoms with E-state index >= 15 is 0 Å². The molecule has 0 aromatic rings. The summed E-state index contributed by atoms with van der Waals surface area (Å²) >= 11 is 0. The van der Waals surface area contributed by atoms with Gasteiger partial charge >= 0.3 is 0 Å². The van der Waals surface area contributed by atoms with Gasteiger partial charge in [-0.15, -0.1) is 0 Å². The maximum absolute atomic E-state index is 6.24. The Hall–Kier alpha value is -0.120. The molecule has 3 rings (SSSR count). The largest absolute Gasteiger partial charge is 0.375 e. The predicted molar refractivity (Wildman–Crippen MR) is 87.7 cm³/mol. The molecule has 1 aliphatic carbocycles. The van der Waals surface area contributed by atoms with Gasteiger partial charge in [-0.1, -0.05) is 25.7 Å². The molecule has 3 fully saturated rings. The predicted octanol–water partition coefficient (Wildman–Crippen LogP) is 3.33. The molecule has 3 aliphatic rings. The lowest BCUT2D eigenvalue weighted by Crippen LogP contribution is -2.49. The second-order valence-electron chi connectivity index (χ2n) is 7.65. The minimum absolute atomic E-state index is 0.249. The van der Waals surface area contributed by atoms with Crippen LogP contribution in [0.4, 0.5) is 0 Å². The van der Waals surface area contributed by atoms with E-state index in [1.807, 2.05) is 0 Å². The molecule has 122 valence electrons. The van der Waals surface area contributed by atoms with Crippen LogP contribution in [-0.4, -0.2) is 49.3 Å². The number of nitrogens with zero attached hydrogens (tertiary/aromatic N) is 1. The Bertz CT molecular complexity index is 303. The molecule has 0 radical (unpaired) electrons. The van der Waals surface area contributed by atoms with Crippen LogP contribution < -0.4 is 5.32 Å². The number of ether oxygens (including phenoxy) is 1. The Morgan fingerprint density at radius 2 is 1.95 bits per heavy atom. The van der Waals surface area contributed by atoms with Crippen molar-refractivity contribution >= 4 is 0 Å². The molecule has 1 saturated carbocycles. The van der Waals surface area contributed by atoms with E-state index in [4.69, 9.17) is 4.74 Å². The number of hydrogen-bond acceptors (Lipinski definition) is 3. The SMILES string of the molecule is CN(CCC1CCCCN1)C1CCOC2(CCCCC2)C1. The van der Waals surface area contributed by atoms with Crippen LogP contribution in [0.5, 0.6) is 0 Å². The van der Waals surface area contributed by atoms with E-state index in [0.29, 0.717) is 0 Å². The molecule has 2 aliphatic heterocycles. The second kappa shape index (κ2) is 7.43. The third-order valence-electron chi connectivity index (χ3n) is 6.10. The highest BCUT2D eigenvalue weighted by molar-refractivity contribution is 4.92. The molecule has 2 heterocycles.